The van der Waals surface area contributed by atoms with Crippen molar-refractivity contribution >= 4 is 44.1 Å². The lowest BCUT2D eigenvalue weighted by atomic mass is 10.1. The zero-order chi connectivity index (χ0) is 22.6. The number of halogens is 1. The number of amides is 1. The van der Waals surface area contributed by atoms with Crippen molar-refractivity contribution in [2.45, 2.75) is 17.4 Å². The van der Waals surface area contributed by atoms with E-state index >= 15 is 0 Å². The summed E-state index contributed by atoms with van der Waals surface area (Å²) in [6.45, 7) is 0. The molecule has 1 aromatic heterocycles. The van der Waals surface area contributed by atoms with Crippen LogP contribution in [0.5, 0.6) is 0 Å². The predicted octanol–water partition coefficient (Wildman–Crippen LogP) is 4.42. The predicted molar refractivity (Wildman–Crippen MR) is 126 cm³/mol. The fourth-order valence-corrected chi connectivity index (χ4v) is 4.94. The Morgan fingerprint density at radius 1 is 0.938 bits per heavy atom. The van der Waals surface area contributed by atoms with Crippen molar-refractivity contribution in [1.82, 2.24) is 9.71 Å². The number of rotatable bonds is 7. The molecule has 162 valence electrons. The molecule has 3 aromatic carbocycles. The molecule has 0 unspecified atom stereocenters. The number of sulfonamides is 1. The van der Waals surface area contributed by atoms with Gasteiger partial charge in [-0.2, -0.15) is 4.72 Å². The molecule has 0 saturated carbocycles. The summed E-state index contributed by atoms with van der Waals surface area (Å²) in [6.07, 6.45) is 1.71. The van der Waals surface area contributed by atoms with E-state index in [0.717, 1.165) is 5.56 Å². The second-order valence-electron chi connectivity index (χ2n) is 7.19. The largest absolute Gasteiger partial charge is 0.325 e. The van der Waals surface area contributed by atoms with Crippen LogP contribution >= 0.6 is 11.6 Å². The van der Waals surface area contributed by atoms with E-state index in [1.54, 1.807) is 48.5 Å². The number of carbonyl (C=O) groups is 1. The number of fused-ring (bicyclic) bond motifs is 1. The molecule has 1 amide bonds. The van der Waals surface area contributed by atoms with Gasteiger partial charge in [-0.3, -0.25) is 9.78 Å². The second kappa shape index (κ2) is 9.48. The summed E-state index contributed by atoms with van der Waals surface area (Å²) >= 11 is 6.01. The minimum absolute atomic E-state index is 0.0178. The molecule has 2 N–H and O–H groups in total. The summed E-state index contributed by atoms with van der Waals surface area (Å²) < 4.78 is 29.2. The Hall–Kier alpha value is -3.26. The highest BCUT2D eigenvalue weighted by atomic mass is 35.5. The third kappa shape index (κ3) is 5.13. The number of nitrogens with zero attached hydrogens (tertiary/aromatic N) is 1. The van der Waals surface area contributed by atoms with Crippen molar-refractivity contribution in [3.63, 3.8) is 0 Å². The van der Waals surface area contributed by atoms with E-state index in [4.69, 9.17) is 11.6 Å². The van der Waals surface area contributed by atoms with Gasteiger partial charge in [0.05, 0.1) is 5.52 Å². The number of nitrogens with one attached hydrogen (secondary N) is 2. The molecule has 0 radical (unpaired) electrons. The molecule has 0 aliphatic rings. The third-order valence-electron chi connectivity index (χ3n) is 4.87. The normalized spacial score (nSPS) is 12.4. The van der Waals surface area contributed by atoms with Gasteiger partial charge in [-0.05, 0) is 42.3 Å². The number of carbonyl (C=O) groups excluding carboxylic acids is 1. The van der Waals surface area contributed by atoms with Crippen LogP contribution in [0.1, 0.15) is 5.56 Å². The molecule has 1 heterocycles. The van der Waals surface area contributed by atoms with Gasteiger partial charge in [0.2, 0.25) is 15.9 Å². The van der Waals surface area contributed by atoms with Gasteiger partial charge in [0, 0.05) is 22.3 Å². The van der Waals surface area contributed by atoms with Gasteiger partial charge in [0.25, 0.3) is 0 Å². The maximum atomic E-state index is 13.3. The molecule has 0 bridgehead atoms. The van der Waals surface area contributed by atoms with Gasteiger partial charge in [-0.1, -0.05) is 66.2 Å². The zero-order valence-electron chi connectivity index (χ0n) is 16.9. The van der Waals surface area contributed by atoms with Crippen LogP contribution in [-0.2, 0) is 21.2 Å². The summed E-state index contributed by atoms with van der Waals surface area (Å²) in [7, 11) is -4.05. The van der Waals surface area contributed by atoms with E-state index < -0.39 is 22.0 Å². The molecule has 8 heteroatoms. The Morgan fingerprint density at radius 2 is 1.69 bits per heavy atom. The van der Waals surface area contributed by atoms with E-state index in [9.17, 15) is 13.2 Å². The van der Waals surface area contributed by atoms with Crippen LogP contribution in [0.25, 0.3) is 10.9 Å². The maximum Gasteiger partial charge on any atom is 0.243 e. The quantitative estimate of drug-likeness (QED) is 0.423. The molecule has 4 aromatic rings. The van der Waals surface area contributed by atoms with Gasteiger partial charge in [-0.15, -0.1) is 0 Å². The van der Waals surface area contributed by atoms with Gasteiger partial charge in [-0.25, -0.2) is 8.42 Å². The number of hydrogen-bond donors (Lipinski definition) is 2. The van der Waals surface area contributed by atoms with Crippen LogP contribution in [-0.4, -0.2) is 25.4 Å². The van der Waals surface area contributed by atoms with Crippen LogP contribution < -0.4 is 10.0 Å². The highest BCUT2D eigenvalue weighted by Gasteiger charge is 2.27. The summed E-state index contributed by atoms with van der Waals surface area (Å²) in [5.41, 5.74) is 1.64. The number of benzene rings is 3. The fourth-order valence-electron chi connectivity index (χ4n) is 3.38. The molecule has 0 saturated heterocycles. The Balaban J connectivity index is 1.66. The van der Waals surface area contributed by atoms with Gasteiger partial charge < -0.3 is 5.32 Å². The number of aromatic nitrogens is 1. The molecule has 4 rings (SSSR count). The topological polar surface area (TPSA) is 88.2 Å². The van der Waals surface area contributed by atoms with E-state index in [-0.39, 0.29) is 11.3 Å². The molecule has 0 fully saturated rings. The Kier molecular flexibility index (Phi) is 6.50. The molecule has 0 spiro atoms. The first-order chi connectivity index (χ1) is 15.4. The lowest BCUT2D eigenvalue weighted by molar-refractivity contribution is -0.117. The Morgan fingerprint density at radius 3 is 2.47 bits per heavy atom. The van der Waals surface area contributed by atoms with Crippen molar-refractivity contribution in [1.29, 1.82) is 0 Å². The molecular formula is C24H20ClN3O3S. The number of para-hydroxylation sites is 1. The lowest BCUT2D eigenvalue weighted by Crippen LogP contribution is -2.45. The van der Waals surface area contributed by atoms with Gasteiger partial charge in [0.1, 0.15) is 10.9 Å². The van der Waals surface area contributed by atoms with Crippen LogP contribution in [0.3, 0.4) is 0 Å². The summed E-state index contributed by atoms with van der Waals surface area (Å²) in [5, 5.41) is 3.90. The Bertz CT molecular complexity index is 1360. The number of hydrogen-bond acceptors (Lipinski definition) is 4. The molecule has 32 heavy (non-hydrogen) atoms. The van der Waals surface area contributed by atoms with Gasteiger partial charge in [0.15, 0.2) is 0 Å². The third-order valence-corrected chi connectivity index (χ3v) is 6.61. The van der Waals surface area contributed by atoms with E-state index in [1.807, 2.05) is 30.3 Å². The van der Waals surface area contributed by atoms with Crippen LogP contribution in [0.2, 0.25) is 5.02 Å². The van der Waals surface area contributed by atoms with Crippen molar-refractivity contribution in [3.05, 3.63) is 102 Å². The van der Waals surface area contributed by atoms with Crippen LogP contribution in [0.15, 0.2) is 96.0 Å². The zero-order valence-corrected chi connectivity index (χ0v) is 18.5. The molecule has 6 nitrogen and oxygen atoms in total. The van der Waals surface area contributed by atoms with E-state index in [0.29, 0.717) is 21.6 Å². The summed E-state index contributed by atoms with van der Waals surface area (Å²) in [4.78, 5) is 17.3. The molecule has 1 atom stereocenters. The minimum atomic E-state index is -4.05. The minimum Gasteiger partial charge on any atom is -0.325 e. The maximum absolute atomic E-state index is 13.3. The van der Waals surface area contributed by atoms with E-state index in [2.05, 4.69) is 15.0 Å². The van der Waals surface area contributed by atoms with Gasteiger partial charge >= 0.3 is 0 Å². The Labute approximate surface area is 191 Å². The standard InChI is InChI=1S/C24H20ClN3O3S/c25-19-11-5-12-20(16-19)27-24(29)21(15-17-7-2-1-3-8-17)28-32(30,31)22-13-4-9-18-10-6-14-26-23(18)22/h1-14,16,21,28H,15H2,(H,27,29)/t21-/m0/s1. The molecular weight excluding hydrogens is 446 g/mol. The SMILES string of the molecule is O=C(Nc1cccc(Cl)c1)[C@H](Cc1ccccc1)NS(=O)(=O)c1cccc2cccnc12. The van der Waals surface area contributed by atoms with Crippen molar-refractivity contribution in [2.24, 2.45) is 0 Å². The second-order valence-corrected chi connectivity index (χ2v) is 9.31. The monoisotopic (exact) mass is 465 g/mol. The van der Waals surface area contributed by atoms with E-state index in [1.165, 1.54) is 12.3 Å². The first-order valence-electron chi connectivity index (χ1n) is 9.89. The molecule has 0 aliphatic heterocycles. The average molecular weight is 466 g/mol. The highest BCUT2D eigenvalue weighted by Crippen LogP contribution is 2.22. The summed E-state index contributed by atoms with van der Waals surface area (Å²) in [6, 6.07) is 23.3. The summed E-state index contributed by atoms with van der Waals surface area (Å²) in [5.74, 6) is -0.493. The first kappa shape index (κ1) is 22.0. The molecule has 0 aliphatic carbocycles. The van der Waals surface area contributed by atoms with Crippen LogP contribution in [0, 0.1) is 0 Å². The first-order valence-corrected chi connectivity index (χ1v) is 11.7. The van der Waals surface area contributed by atoms with Crippen LogP contribution in [0.4, 0.5) is 5.69 Å². The average Bonchev–Trinajstić information content (AvgIpc) is 2.79. The highest BCUT2D eigenvalue weighted by molar-refractivity contribution is 7.89. The van der Waals surface area contributed by atoms with Crippen molar-refractivity contribution in [3.8, 4) is 0 Å². The fraction of sp³-hybridized carbons (Fsp3) is 0.0833. The number of anilines is 1. The van der Waals surface area contributed by atoms with Crippen molar-refractivity contribution < 1.29 is 13.2 Å². The number of pyridine rings is 1. The van der Waals surface area contributed by atoms with Crippen molar-refractivity contribution in [2.75, 3.05) is 5.32 Å². The smallest absolute Gasteiger partial charge is 0.243 e. The lowest BCUT2D eigenvalue weighted by Gasteiger charge is -2.19.